The number of carbonyl (C=O) groups is 2. The van der Waals surface area contributed by atoms with Crippen molar-refractivity contribution in [3.05, 3.63) is 35.3 Å². The van der Waals surface area contributed by atoms with Gasteiger partial charge < -0.3 is 14.5 Å². The molecular formula is C24H31N3O3S. The number of rotatable bonds is 5. The highest BCUT2D eigenvalue weighted by atomic mass is 32.1. The van der Waals surface area contributed by atoms with Gasteiger partial charge in [0.15, 0.2) is 0 Å². The lowest BCUT2D eigenvalue weighted by Crippen LogP contribution is -2.45. The Morgan fingerprint density at radius 3 is 2.32 bits per heavy atom. The second kappa shape index (κ2) is 10.3. The fourth-order valence-electron chi connectivity index (χ4n) is 4.45. The minimum Gasteiger partial charge on any atom is -0.497 e. The highest BCUT2D eigenvalue weighted by molar-refractivity contribution is 7.13. The molecule has 2 aromatic rings. The van der Waals surface area contributed by atoms with Gasteiger partial charge in [0.1, 0.15) is 10.8 Å². The minimum absolute atomic E-state index is 0.0723. The molecule has 2 aliphatic rings. The summed E-state index contributed by atoms with van der Waals surface area (Å²) in [6.07, 6.45) is 6.56. The summed E-state index contributed by atoms with van der Waals surface area (Å²) in [4.78, 5) is 34.3. The van der Waals surface area contributed by atoms with E-state index in [-0.39, 0.29) is 11.8 Å². The molecule has 4 rings (SSSR count). The molecule has 2 aliphatic heterocycles. The number of ether oxygens (including phenoxy) is 1. The van der Waals surface area contributed by atoms with Gasteiger partial charge in [-0.1, -0.05) is 12.8 Å². The molecule has 0 atom stereocenters. The molecular weight excluding hydrogens is 410 g/mol. The van der Waals surface area contributed by atoms with Crippen LogP contribution in [0, 0.1) is 5.92 Å². The zero-order valence-corrected chi connectivity index (χ0v) is 19.0. The number of piperidine rings is 1. The predicted molar refractivity (Wildman–Crippen MR) is 122 cm³/mol. The lowest BCUT2D eigenvalue weighted by atomic mass is 9.95. The molecule has 0 spiro atoms. The minimum atomic E-state index is 0.0723. The lowest BCUT2D eigenvalue weighted by Gasteiger charge is -2.34. The molecule has 31 heavy (non-hydrogen) atoms. The van der Waals surface area contributed by atoms with Crippen molar-refractivity contribution in [3.63, 3.8) is 0 Å². The molecule has 2 amide bonds. The number of carbonyl (C=O) groups excluding carboxylic acids is 2. The molecule has 0 N–H and O–H groups in total. The Labute approximate surface area is 188 Å². The molecule has 1 aromatic carbocycles. The third-order valence-electron chi connectivity index (χ3n) is 6.34. The summed E-state index contributed by atoms with van der Waals surface area (Å²) in [6.45, 7) is 3.13. The van der Waals surface area contributed by atoms with E-state index in [9.17, 15) is 9.59 Å². The van der Waals surface area contributed by atoms with Crippen LogP contribution in [-0.4, -0.2) is 59.9 Å². The Kier molecular flexibility index (Phi) is 7.22. The number of benzene rings is 1. The van der Waals surface area contributed by atoms with Crippen LogP contribution in [-0.2, 0) is 16.0 Å². The van der Waals surface area contributed by atoms with E-state index < -0.39 is 0 Å². The monoisotopic (exact) mass is 441 g/mol. The van der Waals surface area contributed by atoms with Gasteiger partial charge in [-0.3, -0.25) is 9.59 Å². The average molecular weight is 442 g/mol. The molecule has 3 heterocycles. The molecule has 2 fully saturated rings. The quantitative estimate of drug-likeness (QED) is 0.704. The van der Waals surface area contributed by atoms with E-state index in [4.69, 9.17) is 4.74 Å². The van der Waals surface area contributed by atoms with Crippen LogP contribution >= 0.6 is 11.3 Å². The summed E-state index contributed by atoms with van der Waals surface area (Å²) in [5.74, 6) is 1.29. The van der Waals surface area contributed by atoms with E-state index in [1.165, 1.54) is 12.8 Å². The molecule has 0 bridgehead atoms. The van der Waals surface area contributed by atoms with Gasteiger partial charge in [0.05, 0.1) is 19.2 Å². The number of amides is 2. The first kappa shape index (κ1) is 21.8. The van der Waals surface area contributed by atoms with Gasteiger partial charge in [-0.25, -0.2) is 4.98 Å². The van der Waals surface area contributed by atoms with Crippen molar-refractivity contribution in [1.82, 2.24) is 14.8 Å². The molecule has 7 heteroatoms. The summed E-state index contributed by atoms with van der Waals surface area (Å²) in [7, 11) is 1.65. The second-order valence-corrected chi connectivity index (χ2v) is 9.30. The molecule has 6 nitrogen and oxygen atoms in total. The maximum absolute atomic E-state index is 12.9. The van der Waals surface area contributed by atoms with Crippen LogP contribution < -0.4 is 4.74 Å². The summed E-state index contributed by atoms with van der Waals surface area (Å²) in [6, 6.07) is 7.79. The number of nitrogens with zero attached hydrogens (tertiary/aromatic N) is 3. The fraction of sp³-hybridized carbons (Fsp3) is 0.542. The third-order valence-corrected chi connectivity index (χ3v) is 7.28. The lowest BCUT2D eigenvalue weighted by molar-refractivity contribution is -0.140. The van der Waals surface area contributed by atoms with E-state index >= 15 is 0 Å². The molecule has 166 valence electrons. The number of hydrogen-bond donors (Lipinski definition) is 0. The molecule has 1 aromatic heterocycles. The van der Waals surface area contributed by atoms with E-state index in [0.717, 1.165) is 60.8 Å². The van der Waals surface area contributed by atoms with E-state index in [0.29, 0.717) is 25.4 Å². The Balaban J connectivity index is 1.28. The van der Waals surface area contributed by atoms with E-state index in [1.807, 2.05) is 34.5 Å². The van der Waals surface area contributed by atoms with Crippen LogP contribution in [0.1, 0.15) is 44.2 Å². The summed E-state index contributed by atoms with van der Waals surface area (Å²) in [5, 5.41) is 2.87. The van der Waals surface area contributed by atoms with Crippen LogP contribution in [0.4, 0.5) is 0 Å². The Morgan fingerprint density at radius 1 is 1.00 bits per heavy atom. The molecule has 0 saturated carbocycles. The third kappa shape index (κ3) is 5.45. The number of aromatic nitrogens is 1. The van der Waals surface area contributed by atoms with Crippen molar-refractivity contribution >= 4 is 23.2 Å². The number of hydrogen-bond acceptors (Lipinski definition) is 5. The second-order valence-electron chi connectivity index (χ2n) is 8.44. The maximum Gasteiger partial charge on any atom is 0.228 e. The summed E-state index contributed by atoms with van der Waals surface area (Å²) >= 11 is 1.55. The SMILES string of the molecule is COc1ccc(-c2nc(CC(=O)N3CCC(C(=O)N4CCCCCC4)CC3)cs2)cc1. The average Bonchev–Trinajstić information content (AvgIpc) is 3.10. The van der Waals surface area contributed by atoms with Crippen molar-refractivity contribution in [1.29, 1.82) is 0 Å². The van der Waals surface area contributed by atoms with Gasteiger partial charge in [-0.05, 0) is 49.9 Å². The van der Waals surface area contributed by atoms with E-state index in [2.05, 4.69) is 9.88 Å². The highest BCUT2D eigenvalue weighted by Crippen LogP contribution is 2.27. The highest BCUT2D eigenvalue weighted by Gasteiger charge is 2.30. The maximum atomic E-state index is 12.9. The van der Waals surface area contributed by atoms with Crippen molar-refractivity contribution in [2.75, 3.05) is 33.3 Å². The first-order valence-corrected chi connectivity index (χ1v) is 12.2. The van der Waals surface area contributed by atoms with Gasteiger partial charge in [0.2, 0.25) is 11.8 Å². The summed E-state index contributed by atoms with van der Waals surface area (Å²) < 4.78 is 5.20. The first-order chi connectivity index (χ1) is 15.1. The van der Waals surface area contributed by atoms with Gasteiger partial charge >= 0.3 is 0 Å². The van der Waals surface area contributed by atoms with Crippen LogP contribution in [0.25, 0.3) is 10.6 Å². The van der Waals surface area contributed by atoms with Gasteiger partial charge in [-0.15, -0.1) is 11.3 Å². The van der Waals surface area contributed by atoms with Crippen LogP contribution in [0.15, 0.2) is 29.6 Å². The van der Waals surface area contributed by atoms with Crippen LogP contribution in [0.5, 0.6) is 5.75 Å². The zero-order chi connectivity index (χ0) is 21.6. The van der Waals surface area contributed by atoms with E-state index in [1.54, 1.807) is 18.4 Å². The van der Waals surface area contributed by atoms with Gasteiger partial charge in [-0.2, -0.15) is 0 Å². The normalized spacial score (nSPS) is 18.0. The number of thiazole rings is 1. The molecule has 0 aliphatic carbocycles. The van der Waals surface area contributed by atoms with Crippen LogP contribution in [0.3, 0.4) is 0 Å². The summed E-state index contributed by atoms with van der Waals surface area (Å²) in [5.41, 5.74) is 1.83. The Bertz CT molecular complexity index is 880. The Morgan fingerprint density at radius 2 is 1.68 bits per heavy atom. The molecule has 0 unspecified atom stereocenters. The number of methoxy groups -OCH3 is 1. The van der Waals surface area contributed by atoms with Gasteiger partial charge in [0, 0.05) is 43.0 Å². The fourth-order valence-corrected chi connectivity index (χ4v) is 5.27. The Hall–Kier alpha value is -2.41. The van der Waals surface area contributed by atoms with Crippen LogP contribution in [0.2, 0.25) is 0 Å². The predicted octanol–water partition coefficient (Wildman–Crippen LogP) is 4.00. The van der Waals surface area contributed by atoms with Crippen molar-refractivity contribution in [2.24, 2.45) is 5.92 Å². The molecule has 0 radical (unpaired) electrons. The van der Waals surface area contributed by atoms with Gasteiger partial charge in [0.25, 0.3) is 0 Å². The standard InChI is InChI=1S/C24H31N3O3S/c1-30-21-8-6-18(7-9-21)23-25-20(17-31-23)16-22(28)26-14-10-19(11-15-26)24(29)27-12-4-2-3-5-13-27/h6-9,17,19H,2-5,10-16H2,1H3. The zero-order valence-electron chi connectivity index (χ0n) is 18.2. The largest absolute Gasteiger partial charge is 0.497 e. The topological polar surface area (TPSA) is 62.7 Å². The molecule has 2 saturated heterocycles. The first-order valence-electron chi connectivity index (χ1n) is 11.3. The van der Waals surface area contributed by atoms with Crippen molar-refractivity contribution in [2.45, 2.75) is 44.9 Å². The van der Waals surface area contributed by atoms with Crippen molar-refractivity contribution in [3.8, 4) is 16.3 Å². The van der Waals surface area contributed by atoms with Crippen molar-refractivity contribution < 1.29 is 14.3 Å². The smallest absolute Gasteiger partial charge is 0.228 e. The number of likely N-dealkylation sites (tertiary alicyclic amines) is 2.